The average molecular weight is 321 g/mol. The van der Waals surface area contributed by atoms with Crippen LogP contribution in [0.3, 0.4) is 0 Å². The van der Waals surface area contributed by atoms with E-state index in [1.807, 2.05) is 5.32 Å². The lowest BCUT2D eigenvalue weighted by Crippen LogP contribution is -2.34. The second-order valence-electron chi connectivity index (χ2n) is 4.07. The smallest absolute Gasteiger partial charge is 0.416 e. The van der Waals surface area contributed by atoms with Crippen molar-refractivity contribution in [2.24, 2.45) is 0 Å². The number of benzene rings is 1. The Morgan fingerprint density at radius 2 is 2.00 bits per heavy atom. The van der Waals surface area contributed by atoms with Crippen molar-refractivity contribution in [1.29, 1.82) is 0 Å². The van der Waals surface area contributed by atoms with Gasteiger partial charge < -0.3 is 15.2 Å². The van der Waals surface area contributed by atoms with Gasteiger partial charge in [0.2, 0.25) is 0 Å². The summed E-state index contributed by atoms with van der Waals surface area (Å²) in [4.78, 5) is 22.4. The van der Waals surface area contributed by atoms with Crippen molar-refractivity contribution in [2.45, 2.75) is 12.2 Å². The number of alkyl halides is 3. The molecule has 0 aliphatic rings. The summed E-state index contributed by atoms with van der Waals surface area (Å²) in [7, 11) is 0. The first-order chi connectivity index (χ1) is 10.1. The number of aliphatic carboxylic acids is 1. The molecule has 9 heteroatoms. The Morgan fingerprint density at radius 3 is 2.50 bits per heavy atom. The highest BCUT2D eigenvalue weighted by atomic mass is 19.4. The molecule has 0 aromatic heterocycles. The van der Waals surface area contributed by atoms with Gasteiger partial charge in [0, 0.05) is 0 Å². The second kappa shape index (κ2) is 6.92. The molecule has 22 heavy (non-hydrogen) atoms. The summed E-state index contributed by atoms with van der Waals surface area (Å²) in [6, 6.07) is -0.648. The molecule has 0 radical (unpaired) electrons. The number of hydrogen-bond donors (Lipinski definition) is 2. The number of nitrogens with one attached hydrogen (secondary N) is 1. The largest absolute Gasteiger partial charge is 0.479 e. The van der Waals surface area contributed by atoms with Crippen LogP contribution in [0.5, 0.6) is 0 Å². The van der Waals surface area contributed by atoms with E-state index in [9.17, 15) is 27.2 Å². The summed E-state index contributed by atoms with van der Waals surface area (Å²) >= 11 is 0. The highest BCUT2D eigenvalue weighted by molar-refractivity contribution is 5.81. The van der Waals surface area contributed by atoms with Crippen LogP contribution in [-0.2, 0) is 15.7 Å². The molecule has 0 heterocycles. The number of hydrogen-bond acceptors (Lipinski definition) is 3. The van der Waals surface area contributed by atoms with Crippen molar-refractivity contribution < 1.29 is 37.0 Å². The van der Waals surface area contributed by atoms with Gasteiger partial charge in [0.05, 0.1) is 5.56 Å². The first-order valence-electron chi connectivity index (χ1n) is 5.80. The van der Waals surface area contributed by atoms with E-state index in [-0.39, 0.29) is 12.7 Å². The van der Waals surface area contributed by atoms with Gasteiger partial charge in [0.15, 0.2) is 6.04 Å². The number of amides is 1. The van der Waals surface area contributed by atoms with Crippen molar-refractivity contribution in [3.8, 4) is 0 Å². The zero-order chi connectivity index (χ0) is 16.9. The maximum Gasteiger partial charge on any atom is 0.416 e. The second-order valence-corrected chi connectivity index (χ2v) is 4.07. The Morgan fingerprint density at radius 1 is 1.36 bits per heavy atom. The molecule has 1 rings (SSSR count). The van der Waals surface area contributed by atoms with Gasteiger partial charge in [-0.25, -0.2) is 14.0 Å². The lowest BCUT2D eigenvalue weighted by atomic mass is 10.0. The van der Waals surface area contributed by atoms with Crippen LogP contribution in [0, 0.1) is 5.82 Å². The topological polar surface area (TPSA) is 75.6 Å². The number of carboxylic acids is 1. The minimum Gasteiger partial charge on any atom is -0.479 e. The molecule has 5 nitrogen and oxygen atoms in total. The Labute approximate surface area is 122 Å². The fraction of sp³-hybridized carbons (Fsp3) is 0.231. The molecule has 0 spiro atoms. The molecule has 120 valence electrons. The van der Waals surface area contributed by atoms with Crippen LogP contribution >= 0.6 is 0 Å². The maximum atomic E-state index is 13.3. The van der Waals surface area contributed by atoms with Crippen molar-refractivity contribution in [2.75, 3.05) is 6.61 Å². The molecule has 1 atom stereocenters. The van der Waals surface area contributed by atoms with Gasteiger partial charge in [-0.2, -0.15) is 13.2 Å². The highest BCUT2D eigenvalue weighted by Crippen LogP contribution is 2.31. The molecule has 0 bridgehead atoms. The van der Waals surface area contributed by atoms with E-state index in [2.05, 4.69) is 11.3 Å². The quantitative estimate of drug-likeness (QED) is 0.646. The maximum absolute atomic E-state index is 13.3. The minimum absolute atomic E-state index is 0.221. The predicted octanol–water partition coefficient (Wildman–Crippen LogP) is 2.88. The molecule has 1 amide bonds. The molecule has 0 aliphatic heterocycles. The fourth-order valence-corrected chi connectivity index (χ4v) is 1.52. The molecule has 2 N–H and O–H groups in total. The molecule has 0 saturated heterocycles. The summed E-state index contributed by atoms with van der Waals surface area (Å²) < 4.78 is 55.6. The average Bonchev–Trinajstić information content (AvgIpc) is 2.40. The van der Waals surface area contributed by atoms with Crippen LogP contribution in [0.25, 0.3) is 0 Å². The van der Waals surface area contributed by atoms with Gasteiger partial charge in [-0.15, -0.1) is 0 Å². The Hall–Kier alpha value is -2.58. The van der Waals surface area contributed by atoms with E-state index >= 15 is 0 Å². The first-order valence-corrected chi connectivity index (χ1v) is 5.80. The van der Waals surface area contributed by atoms with Crippen LogP contribution < -0.4 is 5.32 Å². The normalized spacial score (nSPS) is 12.4. The van der Waals surface area contributed by atoms with Crippen molar-refractivity contribution in [1.82, 2.24) is 5.32 Å². The van der Waals surface area contributed by atoms with Crippen LogP contribution in [0.1, 0.15) is 17.2 Å². The number of rotatable bonds is 5. The predicted molar refractivity (Wildman–Crippen MR) is 66.5 cm³/mol. The van der Waals surface area contributed by atoms with Crippen molar-refractivity contribution >= 4 is 12.1 Å². The van der Waals surface area contributed by atoms with Crippen molar-refractivity contribution in [3.63, 3.8) is 0 Å². The third-order valence-corrected chi connectivity index (χ3v) is 2.42. The third-order valence-electron chi connectivity index (χ3n) is 2.42. The standard InChI is InChI=1S/C13H11F4NO4/c1-2-3-22-12(21)18-10(11(19)20)7-4-8(13(15,16)17)6-9(14)5-7/h2,4-6,10H,1,3H2,(H,18,21)(H,19,20). The molecule has 1 unspecified atom stereocenters. The summed E-state index contributed by atoms with van der Waals surface area (Å²) in [5.41, 5.74) is -1.94. The summed E-state index contributed by atoms with van der Waals surface area (Å²) in [6.45, 7) is 3.03. The molecular formula is C13H11F4NO4. The van der Waals surface area contributed by atoms with Crippen LogP contribution in [0.15, 0.2) is 30.9 Å². The number of alkyl carbamates (subject to hydrolysis) is 1. The van der Waals surface area contributed by atoms with Gasteiger partial charge in [0.25, 0.3) is 0 Å². The number of carbonyl (C=O) groups excluding carboxylic acids is 1. The number of carbonyl (C=O) groups is 2. The van der Waals surface area contributed by atoms with Crippen LogP contribution in [-0.4, -0.2) is 23.8 Å². The molecule has 1 aromatic carbocycles. The lowest BCUT2D eigenvalue weighted by Gasteiger charge is -2.16. The van der Waals surface area contributed by atoms with Gasteiger partial charge in [0.1, 0.15) is 12.4 Å². The number of halogens is 4. The minimum atomic E-state index is -4.86. The molecule has 0 aliphatic carbocycles. The monoisotopic (exact) mass is 321 g/mol. The van der Waals surface area contributed by atoms with Crippen LogP contribution in [0.4, 0.5) is 22.4 Å². The first kappa shape index (κ1) is 17.5. The van der Waals surface area contributed by atoms with Gasteiger partial charge in [-0.3, -0.25) is 0 Å². The van der Waals surface area contributed by atoms with E-state index in [4.69, 9.17) is 5.11 Å². The van der Waals surface area contributed by atoms with E-state index in [0.29, 0.717) is 12.1 Å². The molecule has 0 saturated carbocycles. The zero-order valence-electron chi connectivity index (χ0n) is 11.0. The summed E-state index contributed by atoms with van der Waals surface area (Å²) in [5.74, 6) is -2.95. The SMILES string of the molecule is C=CCOC(=O)NC(C(=O)O)c1cc(F)cc(C(F)(F)F)c1. The van der Waals surface area contributed by atoms with E-state index in [1.54, 1.807) is 0 Å². The third kappa shape index (κ3) is 4.76. The summed E-state index contributed by atoms with van der Waals surface area (Å²) in [5, 5.41) is 10.8. The number of carboxylic acid groups (broad SMARTS) is 1. The van der Waals surface area contributed by atoms with E-state index in [0.717, 1.165) is 0 Å². The lowest BCUT2D eigenvalue weighted by molar-refractivity contribution is -0.140. The van der Waals surface area contributed by atoms with Gasteiger partial charge in [-0.1, -0.05) is 12.7 Å². The van der Waals surface area contributed by atoms with Gasteiger partial charge >= 0.3 is 18.2 Å². The zero-order valence-corrected chi connectivity index (χ0v) is 11.0. The summed E-state index contributed by atoms with van der Waals surface area (Å²) in [6.07, 6.45) is -4.84. The van der Waals surface area contributed by atoms with Gasteiger partial charge in [-0.05, 0) is 23.8 Å². The Balaban J connectivity index is 3.11. The highest BCUT2D eigenvalue weighted by Gasteiger charge is 2.33. The molecule has 1 aromatic rings. The van der Waals surface area contributed by atoms with E-state index in [1.165, 1.54) is 6.08 Å². The van der Waals surface area contributed by atoms with Crippen LogP contribution in [0.2, 0.25) is 0 Å². The van der Waals surface area contributed by atoms with E-state index < -0.39 is 41.2 Å². The number of ether oxygens (including phenoxy) is 1. The van der Waals surface area contributed by atoms with Crippen molar-refractivity contribution in [3.05, 3.63) is 47.8 Å². The Bertz CT molecular complexity index is 586. The molecule has 0 fully saturated rings. The fourth-order valence-electron chi connectivity index (χ4n) is 1.52. The Kier molecular flexibility index (Phi) is 5.50. The molecular weight excluding hydrogens is 310 g/mol.